The molecule has 2 unspecified atom stereocenters. The van der Waals surface area contributed by atoms with E-state index in [0.29, 0.717) is 6.04 Å². The highest BCUT2D eigenvalue weighted by atomic mass is 16.5. The van der Waals surface area contributed by atoms with E-state index in [4.69, 9.17) is 4.74 Å². The van der Waals surface area contributed by atoms with Crippen molar-refractivity contribution < 1.29 is 4.74 Å². The molecular formula is C14H25N3O. The lowest BCUT2D eigenvalue weighted by Gasteiger charge is -2.27. The van der Waals surface area contributed by atoms with Gasteiger partial charge in [-0.2, -0.15) is 5.10 Å². The summed E-state index contributed by atoms with van der Waals surface area (Å²) in [6.07, 6.45) is 5.32. The second-order valence-corrected chi connectivity index (χ2v) is 5.55. The minimum absolute atomic E-state index is 0.651. The summed E-state index contributed by atoms with van der Waals surface area (Å²) in [5.41, 5.74) is 2.25. The fourth-order valence-electron chi connectivity index (χ4n) is 3.01. The Hall–Kier alpha value is -1.03. The summed E-state index contributed by atoms with van der Waals surface area (Å²) in [7, 11) is 3.64. The van der Waals surface area contributed by atoms with Gasteiger partial charge in [-0.25, -0.2) is 4.68 Å². The van der Waals surface area contributed by atoms with E-state index in [0.717, 1.165) is 24.0 Å². The van der Waals surface area contributed by atoms with Crippen molar-refractivity contribution in [2.24, 2.45) is 13.0 Å². The van der Waals surface area contributed by atoms with Crippen LogP contribution in [0.4, 0.5) is 0 Å². The van der Waals surface area contributed by atoms with Crippen LogP contribution in [0.2, 0.25) is 0 Å². The van der Waals surface area contributed by atoms with Gasteiger partial charge in [0.2, 0.25) is 5.88 Å². The van der Waals surface area contributed by atoms with Crippen molar-refractivity contribution in [1.82, 2.24) is 15.1 Å². The molecule has 2 atom stereocenters. The van der Waals surface area contributed by atoms with Crippen molar-refractivity contribution in [2.45, 2.75) is 52.1 Å². The average Bonchev–Trinajstić information content (AvgIpc) is 2.60. The van der Waals surface area contributed by atoms with Gasteiger partial charge in [0.05, 0.1) is 18.4 Å². The Morgan fingerprint density at radius 2 is 2.22 bits per heavy atom. The molecule has 1 aromatic rings. The van der Waals surface area contributed by atoms with Crippen molar-refractivity contribution in [3.8, 4) is 5.88 Å². The van der Waals surface area contributed by atoms with Crippen LogP contribution in [0.25, 0.3) is 0 Å². The van der Waals surface area contributed by atoms with Gasteiger partial charge in [-0.3, -0.25) is 0 Å². The average molecular weight is 251 g/mol. The lowest BCUT2D eigenvalue weighted by molar-refractivity contribution is 0.298. The Labute approximate surface area is 110 Å². The van der Waals surface area contributed by atoms with Crippen LogP contribution in [-0.2, 0) is 13.6 Å². The third-order valence-corrected chi connectivity index (χ3v) is 3.99. The maximum atomic E-state index is 5.42. The monoisotopic (exact) mass is 251 g/mol. The quantitative estimate of drug-likeness (QED) is 0.893. The zero-order valence-electron chi connectivity index (χ0n) is 12.0. The number of aromatic nitrogens is 2. The molecule has 4 nitrogen and oxygen atoms in total. The highest BCUT2D eigenvalue weighted by Gasteiger charge is 2.20. The Morgan fingerprint density at radius 3 is 2.89 bits per heavy atom. The molecule has 0 radical (unpaired) electrons. The minimum Gasteiger partial charge on any atom is -0.481 e. The third-order valence-electron chi connectivity index (χ3n) is 3.99. The SMILES string of the molecule is COc1c(CNC2CCCC(C)C2)c(C)nn1C. The Morgan fingerprint density at radius 1 is 1.44 bits per heavy atom. The lowest BCUT2D eigenvalue weighted by atomic mass is 9.87. The van der Waals surface area contributed by atoms with Gasteiger partial charge < -0.3 is 10.1 Å². The molecule has 1 fully saturated rings. The van der Waals surface area contributed by atoms with E-state index >= 15 is 0 Å². The number of nitrogens with one attached hydrogen (secondary N) is 1. The molecular weight excluding hydrogens is 226 g/mol. The highest BCUT2D eigenvalue weighted by molar-refractivity contribution is 5.30. The summed E-state index contributed by atoms with van der Waals surface area (Å²) < 4.78 is 7.23. The molecule has 0 aliphatic heterocycles. The van der Waals surface area contributed by atoms with E-state index in [2.05, 4.69) is 17.3 Å². The molecule has 18 heavy (non-hydrogen) atoms. The first kappa shape index (κ1) is 13.4. The van der Waals surface area contributed by atoms with E-state index in [1.165, 1.54) is 31.2 Å². The lowest BCUT2D eigenvalue weighted by Crippen LogP contribution is -2.33. The molecule has 1 aromatic heterocycles. The number of nitrogens with zero attached hydrogens (tertiary/aromatic N) is 2. The van der Waals surface area contributed by atoms with E-state index in [-0.39, 0.29) is 0 Å². The maximum absolute atomic E-state index is 5.42. The number of aryl methyl sites for hydroxylation is 2. The molecule has 0 bridgehead atoms. The molecule has 102 valence electrons. The summed E-state index contributed by atoms with van der Waals surface area (Å²) in [5.74, 6) is 1.73. The summed E-state index contributed by atoms with van der Waals surface area (Å²) >= 11 is 0. The number of hydrogen-bond acceptors (Lipinski definition) is 3. The Balaban J connectivity index is 1.97. The van der Waals surface area contributed by atoms with Crippen molar-refractivity contribution in [2.75, 3.05) is 7.11 Å². The van der Waals surface area contributed by atoms with Crippen molar-refractivity contribution in [3.63, 3.8) is 0 Å². The summed E-state index contributed by atoms with van der Waals surface area (Å²) in [6.45, 7) is 5.26. The van der Waals surface area contributed by atoms with Crippen molar-refractivity contribution >= 4 is 0 Å². The molecule has 0 aromatic carbocycles. The smallest absolute Gasteiger partial charge is 0.216 e. The number of methoxy groups -OCH3 is 1. The standard InChI is InChI=1S/C14H25N3O/c1-10-6-5-7-12(8-10)15-9-13-11(2)16-17(3)14(13)18-4/h10,12,15H,5-9H2,1-4H3. The van der Waals surface area contributed by atoms with Gasteiger partial charge in [0.1, 0.15) is 0 Å². The van der Waals surface area contributed by atoms with Crippen molar-refractivity contribution in [1.29, 1.82) is 0 Å². The maximum Gasteiger partial charge on any atom is 0.216 e. The number of rotatable bonds is 4. The molecule has 1 aliphatic rings. The molecule has 0 saturated heterocycles. The molecule has 1 heterocycles. The zero-order valence-corrected chi connectivity index (χ0v) is 12.0. The van der Waals surface area contributed by atoms with Crippen molar-refractivity contribution in [3.05, 3.63) is 11.3 Å². The molecule has 4 heteroatoms. The van der Waals surface area contributed by atoms with Gasteiger partial charge in [-0.1, -0.05) is 19.8 Å². The molecule has 0 spiro atoms. The minimum atomic E-state index is 0.651. The third kappa shape index (κ3) is 2.86. The van der Waals surface area contributed by atoms with Gasteiger partial charge in [-0.15, -0.1) is 0 Å². The molecule has 1 N–H and O–H groups in total. The van der Waals surface area contributed by atoms with Crippen LogP contribution in [-0.4, -0.2) is 22.9 Å². The van der Waals surface area contributed by atoms with Gasteiger partial charge in [-0.05, 0) is 25.7 Å². The molecule has 2 rings (SSSR count). The fraction of sp³-hybridized carbons (Fsp3) is 0.786. The van der Waals surface area contributed by atoms with Gasteiger partial charge in [0.15, 0.2) is 0 Å². The molecule has 1 saturated carbocycles. The van der Waals surface area contributed by atoms with E-state index < -0.39 is 0 Å². The Kier molecular flexibility index (Phi) is 4.27. The number of ether oxygens (including phenoxy) is 1. The first-order valence-electron chi connectivity index (χ1n) is 6.91. The van der Waals surface area contributed by atoms with Crippen LogP contribution < -0.4 is 10.1 Å². The topological polar surface area (TPSA) is 39.1 Å². The predicted molar refractivity (Wildman–Crippen MR) is 72.8 cm³/mol. The van der Waals surface area contributed by atoms with E-state index in [1.807, 2.05) is 18.7 Å². The van der Waals surface area contributed by atoms with Crippen LogP contribution >= 0.6 is 0 Å². The van der Waals surface area contributed by atoms with Gasteiger partial charge >= 0.3 is 0 Å². The first-order chi connectivity index (χ1) is 8.61. The number of hydrogen-bond donors (Lipinski definition) is 1. The van der Waals surface area contributed by atoms with Gasteiger partial charge in [0.25, 0.3) is 0 Å². The van der Waals surface area contributed by atoms with Crippen LogP contribution in [0, 0.1) is 12.8 Å². The fourth-order valence-corrected chi connectivity index (χ4v) is 3.01. The zero-order chi connectivity index (χ0) is 13.1. The summed E-state index contributed by atoms with van der Waals surface area (Å²) in [6, 6.07) is 0.651. The van der Waals surface area contributed by atoms with Gasteiger partial charge in [0, 0.05) is 19.6 Å². The molecule has 0 amide bonds. The van der Waals surface area contributed by atoms with E-state index in [1.54, 1.807) is 7.11 Å². The summed E-state index contributed by atoms with van der Waals surface area (Å²) in [5, 5.41) is 8.08. The summed E-state index contributed by atoms with van der Waals surface area (Å²) in [4.78, 5) is 0. The highest BCUT2D eigenvalue weighted by Crippen LogP contribution is 2.25. The second kappa shape index (κ2) is 5.74. The normalized spacial score (nSPS) is 24.2. The van der Waals surface area contributed by atoms with E-state index in [9.17, 15) is 0 Å². The Bertz CT molecular complexity index is 400. The molecule has 1 aliphatic carbocycles. The van der Waals surface area contributed by atoms with Crippen LogP contribution in [0.1, 0.15) is 43.9 Å². The second-order valence-electron chi connectivity index (χ2n) is 5.55. The van der Waals surface area contributed by atoms with Crippen LogP contribution in [0.15, 0.2) is 0 Å². The van der Waals surface area contributed by atoms with Crippen LogP contribution in [0.3, 0.4) is 0 Å². The largest absolute Gasteiger partial charge is 0.481 e. The first-order valence-corrected chi connectivity index (χ1v) is 6.91. The predicted octanol–water partition coefficient (Wildman–Crippen LogP) is 2.41. The van der Waals surface area contributed by atoms with Crippen LogP contribution in [0.5, 0.6) is 5.88 Å².